The summed E-state index contributed by atoms with van der Waals surface area (Å²) in [5.74, 6) is -0.518. The molecule has 1 unspecified atom stereocenters. The minimum absolute atomic E-state index is 0.343. The fraction of sp³-hybridized carbons (Fsp3) is 0.643. The van der Waals surface area contributed by atoms with Crippen LogP contribution in [0.4, 0.5) is 0 Å². The van der Waals surface area contributed by atoms with Crippen molar-refractivity contribution in [3.63, 3.8) is 0 Å². The van der Waals surface area contributed by atoms with Crippen molar-refractivity contribution in [2.45, 2.75) is 39.4 Å². The summed E-state index contributed by atoms with van der Waals surface area (Å²) in [5, 5.41) is 3.27. The number of hydrogen-bond donors (Lipinski definition) is 1. The zero-order valence-electron chi connectivity index (χ0n) is 12.5. The maximum absolute atomic E-state index is 13.0. The minimum atomic E-state index is -3.27. The first-order chi connectivity index (χ1) is 9.68. The number of pyridine rings is 1. The Balaban J connectivity index is 2.98. The van der Waals surface area contributed by atoms with Gasteiger partial charge in [0.25, 0.3) is 0 Å². The zero-order chi connectivity index (χ0) is 14.8. The molecular formula is C14H25N2O3P. The molecule has 0 spiro atoms. The van der Waals surface area contributed by atoms with Crippen molar-refractivity contribution in [1.29, 1.82) is 0 Å². The second kappa shape index (κ2) is 9.24. The Labute approximate surface area is 121 Å². The first-order valence-electron chi connectivity index (χ1n) is 7.21. The van der Waals surface area contributed by atoms with E-state index in [-0.39, 0.29) is 0 Å². The molecule has 0 saturated carbocycles. The molecule has 0 bridgehead atoms. The molecule has 20 heavy (non-hydrogen) atoms. The summed E-state index contributed by atoms with van der Waals surface area (Å²) in [7, 11) is -3.27. The third-order valence-corrected chi connectivity index (χ3v) is 5.09. The Bertz CT molecular complexity index is 404. The zero-order valence-corrected chi connectivity index (χ0v) is 13.4. The third-order valence-electron chi connectivity index (χ3n) is 2.77. The van der Waals surface area contributed by atoms with Crippen LogP contribution in [0.5, 0.6) is 0 Å². The van der Waals surface area contributed by atoms with Gasteiger partial charge in [0.2, 0.25) is 0 Å². The Hall–Kier alpha value is -0.740. The van der Waals surface area contributed by atoms with Gasteiger partial charge in [-0.15, -0.1) is 0 Å². The van der Waals surface area contributed by atoms with Crippen LogP contribution in [0.1, 0.15) is 45.1 Å². The molecule has 0 amide bonds. The van der Waals surface area contributed by atoms with Crippen molar-refractivity contribution in [2.24, 2.45) is 0 Å². The highest BCUT2D eigenvalue weighted by molar-refractivity contribution is 7.54. The maximum atomic E-state index is 13.0. The largest absolute Gasteiger partial charge is 0.353 e. The van der Waals surface area contributed by atoms with Gasteiger partial charge in [0.1, 0.15) is 0 Å². The highest BCUT2D eigenvalue weighted by atomic mass is 31.2. The molecule has 0 fully saturated rings. The maximum Gasteiger partial charge on any atom is 0.353 e. The van der Waals surface area contributed by atoms with E-state index in [2.05, 4.69) is 17.2 Å². The lowest BCUT2D eigenvalue weighted by molar-refractivity contribution is 0.207. The van der Waals surface area contributed by atoms with Crippen molar-refractivity contribution in [1.82, 2.24) is 10.3 Å². The van der Waals surface area contributed by atoms with Gasteiger partial charge in [-0.3, -0.25) is 14.9 Å². The smallest absolute Gasteiger partial charge is 0.308 e. The van der Waals surface area contributed by atoms with E-state index in [9.17, 15) is 4.57 Å². The van der Waals surface area contributed by atoms with Gasteiger partial charge in [0, 0.05) is 6.20 Å². The van der Waals surface area contributed by atoms with Crippen molar-refractivity contribution in [3.8, 4) is 0 Å². The van der Waals surface area contributed by atoms with Crippen LogP contribution in [0.2, 0.25) is 0 Å². The quantitative estimate of drug-likeness (QED) is 0.527. The molecule has 1 N–H and O–H groups in total. The molecule has 1 atom stereocenters. The molecule has 0 saturated heterocycles. The molecule has 1 rings (SSSR count). The van der Waals surface area contributed by atoms with E-state index < -0.39 is 13.4 Å². The van der Waals surface area contributed by atoms with Crippen LogP contribution in [0, 0.1) is 0 Å². The lowest BCUT2D eigenvalue weighted by Crippen LogP contribution is -2.25. The number of unbranched alkanes of at least 4 members (excludes halogenated alkanes) is 1. The van der Waals surface area contributed by atoms with E-state index in [0.29, 0.717) is 18.9 Å². The summed E-state index contributed by atoms with van der Waals surface area (Å²) in [5.41, 5.74) is 0.689. The van der Waals surface area contributed by atoms with Gasteiger partial charge < -0.3 is 9.05 Å². The van der Waals surface area contributed by atoms with Crippen LogP contribution in [-0.2, 0) is 13.6 Å². The van der Waals surface area contributed by atoms with Crippen molar-refractivity contribution in [2.75, 3.05) is 19.8 Å². The van der Waals surface area contributed by atoms with Crippen LogP contribution in [0.15, 0.2) is 24.4 Å². The Morgan fingerprint density at radius 1 is 1.25 bits per heavy atom. The number of hydrogen-bond acceptors (Lipinski definition) is 5. The summed E-state index contributed by atoms with van der Waals surface area (Å²) in [6.45, 7) is 7.18. The molecule has 1 heterocycles. The van der Waals surface area contributed by atoms with Gasteiger partial charge in [-0.1, -0.05) is 19.4 Å². The fourth-order valence-corrected chi connectivity index (χ4v) is 3.80. The van der Waals surface area contributed by atoms with Crippen LogP contribution in [0.3, 0.4) is 0 Å². The van der Waals surface area contributed by atoms with Crippen LogP contribution in [-0.4, -0.2) is 24.7 Å². The standard InChI is InChI=1S/C14H25N2O3P/c1-4-7-11-16-14(13-10-8-9-12-15-13)20(17,18-5-2)19-6-3/h8-10,12,14,16H,4-7,11H2,1-3H3. The predicted molar refractivity (Wildman–Crippen MR) is 80.7 cm³/mol. The van der Waals surface area contributed by atoms with E-state index >= 15 is 0 Å². The Kier molecular flexibility index (Phi) is 8.00. The molecular weight excluding hydrogens is 275 g/mol. The normalized spacial score (nSPS) is 13.3. The number of rotatable bonds is 10. The highest BCUT2D eigenvalue weighted by Gasteiger charge is 2.37. The van der Waals surface area contributed by atoms with Crippen LogP contribution < -0.4 is 5.32 Å². The SMILES string of the molecule is CCCCNC(c1ccccn1)P(=O)(OCC)OCC. The topological polar surface area (TPSA) is 60.5 Å². The summed E-state index contributed by atoms with van der Waals surface area (Å²) >= 11 is 0. The molecule has 0 aliphatic rings. The van der Waals surface area contributed by atoms with E-state index in [1.54, 1.807) is 6.20 Å². The van der Waals surface area contributed by atoms with E-state index in [1.165, 1.54) is 0 Å². The molecule has 0 aliphatic heterocycles. The lowest BCUT2D eigenvalue weighted by atomic mass is 10.3. The van der Waals surface area contributed by atoms with Crippen LogP contribution >= 0.6 is 7.60 Å². The Morgan fingerprint density at radius 2 is 1.95 bits per heavy atom. The summed E-state index contributed by atoms with van der Waals surface area (Å²) in [6, 6.07) is 5.55. The molecule has 6 heteroatoms. The van der Waals surface area contributed by atoms with Crippen molar-refractivity contribution >= 4 is 7.60 Å². The molecule has 0 aliphatic carbocycles. The van der Waals surface area contributed by atoms with E-state index in [0.717, 1.165) is 19.4 Å². The first-order valence-corrected chi connectivity index (χ1v) is 8.82. The van der Waals surface area contributed by atoms with Crippen molar-refractivity contribution in [3.05, 3.63) is 30.1 Å². The van der Waals surface area contributed by atoms with Gasteiger partial charge >= 0.3 is 7.60 Å². The summed E-state index contributed by atoms with van der Waals surface area (Å²) in [6.07, 6.45) is 3.75. The van der Waals surface area contributed by atoms with E-state index in [1.807, 2.05) is 32.0 Å². The molecule has 5 nitrogen and oxygen atoms in total. The van der Waals surface area contributed by atoms with Crippen LogP contribution in [0.25, 0.3) is 0 Å². The van der Waals surface area contributed by atoms with Crippen molar-refractivity contribution < 1.29 is 13.6 Å². The van der Waals surface area contributed by atoms with Gasteiger partial charge in [-0.05, 0) is 38.9 Å². The average molecular weight is 300 g/mol. The predicted octanol–water partition coefficient (Wildman–Crippen LogP) is 3.74. The molecule has 114 valence electrons. The minimum Gasteiger partial charge on any atom is -0.308 e. The molecule has 0 aromatic carbocycles. The second-order valence-corrected chi connectivity index (χ2v) is 6.45. The summed E-state index contributed by atoms with van der Waals surface area (Å²) in [4.78, 5) is 4.29. The average Bonchev–Trinajstić information content (AvgIpc) is 2.45. The van der Waals surface area contributed by atoms with E-state index in [4.69, 9.17) is 9.05 Å². The molecule has 1 aromatic heterocycles. The molecule has 0 radical (unpaired) electrons. The summed E-state index contributed by atoms with van der Waals surface area (Å²) < 4.78 is 23.9. The monoisotopic (exact) mass is 300 g/mol. The van der Waals surface area contributed by atoms with Gasteiger partial charge in [-0.2, -0.15) is 0 Å². The molecule has 1 aromatic rings. The van der Waals surface area contributed by atoms with Gasteiger partial charge in [0.15, 0.2) is 5.78 Å². The number of aromatic nitrogens is 1. The fourth-order valence-electron chi connectivity index (χ4n) is 1.88. The second-order valence-electron chi connectivity index (χ2n) is 4.34. The van der Waals surface area contributed by atoms with Gasteiger partial charge in [0.05, 0.1) is 18.9 Å². The highest BCUT2D eigenvalue weighted by Crippen LogP contribution is 2.59. The lowest BCUT2D eigenvalue weighted by Gasteiger charge is -2.26. The number of nitrogens with one attached hydrogen (secondary N) is 1. The Morgan fingerprint density at radius 3 is 2.45 bits per heavy atom. The van der Waals surface area contributed by atoms with Gasteiger partial charge in [-0.25, -0.2) is 0 Å². The third kappa shape index (κ3) is 4.98. The number of nitrogens with zero attached hydrogens (tertiary/aromatic N) is 1. The first kappa shape index (κ1) is 17.3.